The van der Waals surface area contributed by atoms with Crippen LogP contribution in [0.2, 0.25) is 0 Å². The van der Waals surface area contributed by atoms with Gasteiger partial charge in [-0.1, -0.05) is 140 Å². The number of nitro benzene ring substituents is 1. The van der Waals surface area contributed by atoms with E-state index in [0.29, 0.717) is 78.0 Å². The number of esters is 4. The maximum absolute atomic E-state index is 12.1. The Hall–Kier alpha value is -18.4. The predicted octanol–water partition coefficient (Wildman–Crippen LogP) is 16.5. The van der Waals surface area contributed by atoms with E-state index in [2.05, 4.69) is 59.8 Å². The van der Waals surface area contributed by atoms with Gasteiger partial charge in [0.25, 0.3) is 5.69 Å². The zero-order valence-corrected chi connectivity index (χ0v) is 70.6. The number of fused-ring (bicyclic) bond motifs is 1. The summed E-state index contributed by atoms with van der Waals surface area (Å²) in [5.74, 6) is -1.55. The molecular weight excluding hydrogens is 1720 g/mol. The topological polar surface area (TPSA) is 519 Å². The largest absolute Gasteiger partial charge is 0.507 e. The SMILES string of the molecule is COC(=O)c1ccc(-c2nc(-c3ccccc3O)nc(-c3c(O)cccc3O)n2)cc1.COC(=O)c1ccc(-c2nc(-c3ccccc3O)nc(-c3c(O)cccc3[N+](=O)[O-])n2)cc1.COC(=O)c1ccc(-c2nc(-c3ccccc3O)nc(-c3cc(S(C)(=O)=O)ccc3O)n2)cc1.COC(=O)c1ccc(-c2nc(-c3ccccc3O)nc(-c3ccc4ccccc4c3O)n2)cc1. The first-order valence-corrected chi connectivity index (χ1v) is 41.1. The van der Waals surface area contributed by atoms with E-state index >= 15 is 0 Å². The van der Waals surface area contributed by atoms with Gasteiger partial charge in [-0.3, -0.25) is 10.1 Å². The summed E-state index contributed by atoms with van der Waals surface area (Å²) in [6.45, 7) is 0. The molecular formula is C97H71N13O21S. The first kappa shape index (κ1) is 89.9. The summed E-state index contributed by atoms with van der Waals surface area (Å²) in [7, 11) is 1.61. The number of aromatic nitrogens is 12. The molecule has 4 heterocycles. The summed E-state index contributed by atoms with van der Waals surface area (Å²) in [6, 6.07) is 74.8. The Morgan fingerprint density at radius 3 is 0.894 bits per heavy atom. The number of phenols is 9. The Kier molecular flexibility index (Phi) is 26.8. The van der Waals surface area contributed by atoms with Crippen molar-refractivity contribution in [2.45, 2.75) is 4.90 Å². The summed E-state index contributed by atoms with van der Waals surface area (Å²) >= 11 is 0. The number of carbonyl (C=O) groups is 4. The fourth-order valence-corrected chi connectivity index (χ4v) is 13.8. The number of methoxy groups -OCH3 is 4. The van der Waals surface area contributed by atoms with E-state index in [9.17, 15) is 83.7 Å². The standard InChI is InChI=1S/C27H19N3O4.C24H19N3O6S.C23H16N4O6.C23H17N3O5/c1-34-27(33)18-12-10-17(11-13-18)24-28-25(20-8-4-5-9-22(20)31)30-26(29-24)21-15-14-16-6-2-3-7-19(16)23(21)32;1-33-24(30)15-9-7-14(8-10-15)21-25-22(17-5-3-4-6-19(17)28)27-23(26-21)18-13-16(34(2,31)32)11-12-20(18)29;1-33-23(30)14-11-9-13(10-12-14)20-24-21(15-5-2-3-7-17(15)28)26-22(25-20)19-16(27(31)32)6-4-8-18(19)29;1-31-23(30)14-11-9-13(10-12-14)20-24-21(15-5-2-3-6-16(15)27)26-22(25-20)19-17(28)7-4-8-18(19)29/h2-15,31-32H,1H3;3-13,28-29H,1-2H3;2-12,28-29H,1H3;2-12,27-29H,1H3. The molecule has 9 N–H and O–H groups in total. The van der Waals surface area contributed by atoms with Crippen LogP contribution < -0.4 is 0 Å². The molecule has 0 atom stereocenters. The number of rotatable bonds is 18. The highest BCUT2D eigenvalue weighted by atomic mass is 32.2. The number of ether oxygens (including phenoxy) is 4. The van der Waals surface area contributed by atoms with Crippen molar-refractivity contribution < 1.29 is 97.4 Å². The van der Waals surface area contributed by atoms with Crippen molar-refractivity contribution in [1.29, 1.82) is 0 Å². The number of hydrogen-bond acceptors (Lipinski definition) is 33. The van der Waals surface area contributed by atoms with Gasteiger partial charge >= 0.3 is 23.9 Å². The molecule has 0 amide bonds. The van der Waals surface area contributed by atoms with E-state index in [1.807, 2.05) is 30.3 Å². The Bertz CT molecular complexity index is 7410. The average molecular weight is 1790 g/mol. The third-order valence-electron chi connectivity index (χ3n) is 19.8. The lowest BCUT2D eigenvalue weighted by Crippen LogP contribution is -2.03. The number of phenolic OH excluding ortho intramolecular Hbond substituents is 9. The van der Waals surface area contributed by atoms with Gasteiger partial charge in [0.15, 0.2) is 79.7 Å². The molecule has 0 aliphatic heterocycles. The number of benzene rings is 13. The maximum Gasteiger partial charge on any atom is 0.337 e. The second-order valence-electron chi connectivity index (χ2n) is 28.3. The van der Waals surface area contributed by atoms with Crippen LogP contribution in [0.5, 0.6) is 51.7 Å². The van der Waals surface area contributed by atoms with Gasteiger partial charge in [-0.2, -0.15) is 0 Å². The van der Waals surface area contributed by atoms with Crippen molar-refractivity contribution in [3.05, 3.63) is 317 Å². The molecule has 0 aliphatic carbocycles. The van der Waals surface area contributed by atoms with Gasteiger partial charge in [0.1, 0.15) is 62.9 Å². The molecule has 0 aliphatic rings. The normalized spacial score (nSPS) is 10.8. The van der Waals surface area contributed by atoms with E-state index in [0.717, 1.165) is 11.6 Å². The first-order chi connectivity index (χ1) is 63.6. The van der Waals surface area contributed by atoms with E-state index < -0.39 is 44.3 Å². The van der Waals surface area contributed by atoms with Gasteiger partial charge in [-0.15, -0.1) is 0 Å². The zero-order valence-electron chi connectivity index (χ0n) is 69.8. The number of nitro groups is 1. The van der Waals surface area contributed by atoms with Gasteiger partial charge in [-0.05, 0) is 145 Å². The highest BCUT2D eigenvalue weighted by Gasteiger charge is 2.28. The molecule has 13 aromatic carbocycles. The molecule has 4 aromatic heterocycles. The van der Waals surface area contributed by atoms with Crippen LogP contribution in [-0.4, -0.2) is 178 Å². The molecule has 0 fully saturated rings. The smallest absolute Gasteiger partial charge is 0.337 e. The molecule has 0 radical (unpaired) electrons. The monoisotopic (exact) mass is 1790 g/mol. The molecule has 35 heteroatoms. The molecule has 656 valence electrons. The maximum atomic E-state index is 12.1. The van der Waals surface area contributed by atoms with E-state index in [1.165, 1.54) is 113 Å². The van der Waals surface area contributed by atoms with Crippen molar-refractivity contribution in [2.75, 3.05) is 34.7 Å². The van der Waals surface area contributed by atoms with Crippen LogP contribution in [0.1, 0.15) is 41.4 Å². The number of hydrogen-bond donors (Lipinski definition) is 9. The van der Waals surface area contributed by atoms with Crippen molar-refractivity contribution in [3.8, 4) is 188 Å². The van der Waals surface area contributed by atoms with Crippen LogP contribution in [0.4, 0.5) is 5.69 Å². The fraction of sp³-hybridized carbons (Fsp3) is 0.0515. The number of sulfone groups is 1. The summed E-state index contributed by atoms with van der Waals surface area (Å²) in [5.41, 5.74) is 4.93. The first-order valence-electron chi connectivity index (χ1n) is 39.2. The Morgan fingerprint density at radius 2 is 0.553 bits per heavy atom. The van der Waals surface area contributed by atoms with Crippen molar-refractivity contribution in [2.24, 2.45) is 0 Å². The molecule has 17 aromatic rings. The lowest BCUT2D eigenvalue weighted by atomic mass is 10.0. The van der Waals surface area contributed by atoms with Crippen molar-refractivity contribution in [3.63, 3.8) is 0 Å². The third-order valence-corrected chi connectivity index (χ3v) is 21.0. The van der Waals surface area contributed by atoms with E-state index in [4.69, 9.17) is 18.9 Å². The zero-order chi connectivity index (χ0) is 93.6. The minimum Gasteiger partial charge on any atom is -0.507 e. The molecule has 0 saturated heterocycles. The van der Waals surface area contributed by atoms with Gasteiger partial charge < -0.3 is 64.9 Å². The number of para-hydroxylation sites is 4. The average Bonchev–Trinajstić information content (AvgIpc) is 0.782. The number of nitrogens with zero attached hydrogens (tertiary/aromatic N) is 13. The second-order valence-corrected chi connectivity index (χ2v) is 30.3. The number of aromatic hydroxyl groups is 9. The van der Waals surface area contributed by atoms with Crippen LogP contribution in [-0.2, 0) is 28.8 Å². The lowest BCUT2D eigenvalue weighted by molar-refractivity contribution is -0.384. The predicted molar refractivity (Wildman–Crippen MR) is 482 cm³/mol. The van der Waals surface area contributed by atoms with Crippen molar-refractivity contribution >= 4 is 50.2 Å². The Morgan fingerprint density at radius 1 is 0.280 bits per heavy atom. The molecule has 34 nitrogen and oxygen atoms in total. The van der Waals surface area contributed by atoms with Gasteiger partial charge in [0.2, 0.25) is 0 Å². The van der Waals surface area contributed by atoms with Crippen LogP contribution in [0.15, 0.2) is 290 Å². The van der Waals surface area contributed by atoms with Crippen LogP contribution in [0.25, 0.3) is 147 Å². The lowest BCUT2D eigenvalue weighted by Gasteiger charge is -2.11. The Balaban J connectivity index is 0.000000142. The summed E-state index contributed by atoms with van der Waals surface area (Å²) < 4.78 is 43.0. The van der Waals surface area contributed by atoms with Crippen molar-refractivity contribution in [1.82, 2.24) is 59.8 Å². The highest BCUT2D eigenvalue weighted by molar-refractivity contribution is 7.90. The number of carbonyl (C=O) groups excluding carboxylic acids is 4. The van der Waals surface area contributed by atoms with Crippen LogP contribution in [0, 0.1) is 10.1 Å². The Labute approximate surface area is 748 Å². The van der Waals surface area contributed by atoms with E-state index in [-0.39, 0.29) is 143 Å². The second kappa shape index (κ2) is 39.4. The molecule has 0 unspecified atom stereocenters. The van der Waals surface area contributed by atoms with Gasteiger partial charge in [0, 0.05) is 40.0 Å². The molecule has 132 heavy (non-hydrogen) atoms. The molecule has 0 saturated carbocycles. The minimum absolute atomic E-state index is 0.00305. The fourth-order valence-electron chi connectivity index (χ4n) is 13.1. The molecule has 17 rings (SSSR count). The third kappa shape index (κ3) is 20.1. The van der Waals surface area contributed by atoms with Gasteiger partial charge in [0.05, 0.1) is 93.9 Å². The summed E-state index contributed by atoms with van der Waals surface area (Å²) in [6.07, 6.45) is 1.05. The highest BCUT2D eigenvalue weighted by Crippen LogP contribution is 2.43. The quantitative estimate of drug-likeness (QED) is 0.0167. The van der Waals surface area contributed by atoms with Gasteiger partial charge in [-0.25, -0.2) is 87.4 Å². The van der Waals surface area contributed by atoms with E-state index in [1.54, 1.807) is 170 Å². The summed E-state index contributed by atoms with van der Waals surface area (Å²) in [5, 5.41) is 107. The summed E-state index contributed by atoms with van der Waals surface area (Å²) in [4.78, 5) is 111. The van der Waals surface area contributed by atoms with Crippen LogP contribution in [0.3, 0.4) is 0 Å². The van der Waals surface area contributed by atoms with Crippen LogP contribution >= 0.6 is 0 Å². The molecule has 0 bridgehead atoms. The molecule has 0 spiro atoms. The minimum atomic E-state index is -3.56.